The van der Waals surface area contributed by atoms with Crippen LogP contribution in [-0.2, 0) is 4.79 Å². The summed E-state index contributed by atoms with van der Waals surface area (Å²) < 4.78 is 0. The molecule has 1 heterocycles. The van der Waals surface area contributed by atoms with Crippen LogP contribution in [0.1, 0.15) is 39.5 Å². The van der Waals surface area contributed by atoms with Crippen molar-refractivity contribution in [3.63, 3.8) is 0 Å². The van der Waals surface area contributed by atoms with E-state index in [0.717, 1.165) is 25.7 Å². The molecule has 0 radical (unpaired) electrons. The van der Waals surface area contributed by atoms with Crippen LogP contribution < -0.4 is 0 Å². The van der Waals surface area contributed by atoms with Crippen molar-refractivity contribution in [2.75, 3.05) is 0 Å². The van der Waals surface area contributed by atoms with Crippen molar-refractivity contribution in [1.29, 1.82) is 0 Å². The minimum Gasteiger partial charge on any atom is -0.481 e. The molecule has 1 aliphatic rings. The maximum absolute atomic E-state index is 10.5. The lowest BCUT2D eigenvalue weighted by Gasteiger charge is -2.07. The van der Waals surface area contributed by atoms with Crippen molar-refractivity contribution in [3.8, 4) is 0 Å². The minimum absolute atomic E-state index is 0.102. The van der Waals surface area contributed by atoms with Crippen LogP contribution >= 0.6 is 0 Å². The summed E-state index contributed by atoms with van der Waals surface area (Å²) in [5, 5.41) is 19.1. The second kappa shape index (κ2) is 11.7. The van der Waals surface area contributed by atoms with Gasteiger partial charge >= 0.3 is 5.97 Å². The topological polar surface area (TPSA) is 74.4 Å². The Kier molecular flexibility index (Phi) is 10.5. The van der Waals surface area contributed by atoms with Crippen LogP contribution in [0.15, 0.2) is 39.9 Å². The Bertz CT molecular complexity index is 271. The lowest BCUT2D eigenvalue weighted by molar-refractivity contribution is -0.142. The lowest BCUT2D eigenvalue weighted by Crippen LogP contribution is -2.12. The zero-order chi connectivity index (χ0) is 13.6. The van der Waals surface area contributed by atoms with E-state index in [1.54, 1.807) is 24.6 Å². The zero-order valence-electron chi connectivity index (χ0n) is 11.0. The third-order valence-corrected chi connectivity index (χ3v) is 2.25. The van der Waals surface area contributed by atoms with Gasteiger partial charge in [0.05, 0.1) is 18.3 Å². The van der Waals surface area contributed by atoms with Crippen molar-refractivity contribution in [3.05, 3.63) is 24.4 Å². The van der Waals surface area contributed by atoms with E-state index in [-0.39, 0.29) is 5.92 Å². The quantitative estimate of drug-likeness (QED) is 0.807. The van der Waals surface area contributed by atoms with Crippen molar-refractivity contribution in [1.82, 2.24) is 0 Å². The molecule has 0 aromatic rings. The fourth-order valence-electron chi connectivity index (χ4n) is 1.42. The van der Waals surface area contributed by atoms with Crippen molar-refractivity contribution >= 4 is 12.2 Å². The molecule has 0 fully saturated rings. The van der Waals surface area contributed by atoms with Gasteiger partial charge in [0.15, 0.2) is 0 Å². The van der Waals surface area contributed by atoms with Crippen LogP contribution in [0.5, 0.6) is 0 Å². The van der Waals surface area contributed by atoms with Crippen LogP contribution in [0.2, 0.25) is 0 Å². The summed E-state index contributed by atoms with van der Waals surface area (Å²) in [7, 11) is 0. The summed E-state index contributed by atoms with van der Waals surface area (Å²) in [6, 6.07) is 0. The average molecular weight is 251 g/mol. The predicted molar refractivity (Wildman–Crippen MR) is 72.6 cm³/mol. The van der Waals surface area contributed by atoms with Gasteiger partial charge in [-0.2, -0.15) is 0 Å². The molecule has 0 bridgehead atoms. The van der Waals surface area contributed by atoms with Gasteiger partial charge in [-0.1, -0.05) is 32.8 Å². The molecule has 0 amide bonds. The Morgan fingerprint density at radius 2 is 1.83 bits per heavy atom. The third kappa shape index (κ3) is 9.45. The third-order valence-electron chi connectivity index (χ3n) is 2.25. The maximum Gasteiger partial charge on any atom is 0.306 e. The molecule has 0 aliphatic carbocycles. The molecule has 0 aromatic carbocycles. The molecule has 1 N–H and O–H groups in total. The molecule has 0 atom stereocenters. The van der Waals surface area contributed by atoms with E-state index in [1.807, 2.05) is 19.9 Å². The molecule has 1 rings (SSSR count). The minimum atomic E-state index is -0.635. The van der Waals surface area contributed by atoms with Crippen LogP contribution in [0.25, 0.3) is 0 Å². The molecule has 0 spiro atoms. The van der Waals surface area contributed by atoms with Crippen molar-refractivity contribution in [2.45, 2.75) is 39.5 Å². The van der Waals surface area contributed by atoms with E-state index in [0.29, 0.717) is 0 Å². The number of hydrogen-bond donors (Lipinski definition) is 1. The van der Waals surface area contributed by atoms with Crippen LogP contribution in [0.3, 0.4) is 0 Å². The first-order valence-electron chi connectivity index (χ1n) is 6.20. The predicted octanol–water partition coefficient (Wildman–Crippen LogP) is 3.80. The molecule has 5 nitrogen and oxygen atoms in total. The van der Waals surface area contributed by atoms with E-state index >= 15 is 0 Å². The number of carbonyl (C=O) groups is 1. The number of nitrogens with zero attached hydrogens (tertiary/aromatic N) is 3. The highest BCUT2D eigenvalue weighted by molar-refractivity contribution is 5.71. The van der Waals surface area contributed by atoms with Crippen LogP contribution in [0, 0.1) is 5.92 Å². The number of rotatable bonds is 5. The summed E-state index contributed by atoms with van der Waals surface area (Å²) in [6.07, 6.45) is 12.1. The van der Waals surface area contributed by atoms with E-state index in [4.69, 9.17) is 5.11 Å². The van der Waals surface area contributed by atoms with E-state index < -0.39 is 5.97 Å². The molecule has 0 saturated carbocycles. The second-order valence-electron chi connectivity index (χ2n) is 3.81. The maximum atomic E-state index is 10.5. The fourth-order valence-corrected chi connectivity index (χ4v) is 1.42. The Labute approximate surface area is 108 Å². The smallest absolute Gasteiger partial charge is 0.306 e. The molecule has 0 saturated heterocycles. The molecule has 100 valence electrons. The molecule has 5 heteroatoms. The molecular weight excluding hydrogens is 230 g/mol. The number of carboxylic acid groups (broad SMARTS) is 1. The number of carboxylic acids is 1. The second-order valence-corrected chi connectivity index (χ2v) is 3.81. The van der Waals surface area contributed by atoms with Gasteiger partial charge in [0.2, 0.25) is 0 Å². The van der Waals surface area contributed by atoms with Crippen molar-refractivity contribution < 1.29 is 9.90 Å². The largest absolute Gasteiger partial charge is 0.481 e. The van der Waals surface area contributed by atoms with Gasteiger partial charge in [-0.3, -0.25) is 4.79 Å². The first-order chi connectivity index (χ1) is 8.72. The number of aliphatic carboxylic acids is 1. The summed E-state index contributed by atoms with van der Waals surface area (Å²) in [5.74, 6) is -0.737. The Morgan fingerprint density at radius 1 is 1.17 bits per heavy atom. The Balaban J connectivity index is 0.000000327. The zero-order valence-corrected chi connectivity index (χ0v) is 11.0. The molecule has 0 unspecified atom stereocenters. The first kappa shape index (κ1) is 16.2. The molecule has 0 aromatic heterocycles. The van der Waals surface area contributed by atoms with Gasteiger partial charge in [-0.05, 0) is 30.2 Å². The van der Waals surface area contributed by atoms with Gasteiger partial charge in [-0.15, -0.1) is 10.2 Å². The molecular formula is C13H21N3O2. The summed E-state index contributed by atoms with van der Waals surface area (Å²) in [5.41, 5.74) is 0. The van der Waals surface area contributed by atoms with Gasteiger partial charge in [0.25, 0.3) is 0 Å². The van der Waals surface area contributed by atoms with Crippen molar-refractivity contribution in [2.24, 2.45) is 21.4 Å². The summed E-state index contributed by atoms with van der Waals surface area (Å²) in [6.45, 7) is 4.04. The number of allylic oxidation sites excluding steroid dienone is 3. The normalized spacial score (nSPS) is 12.8. The monoisotopic (exact) mass is 251 g/mol. The summed E-state index contributed by atoms with van der Waals surface area (Å²) >= 11 is 0. The average Bonchev–Trinajstić information content (AvgIpc) is 2.28. The highest BCUT2D eigenvalue weighted by Crippen LogP contribution is 2.12. The van der Waals surface area contributed by atoms with Gasteiger partial charge in [0.1, 0.15) is 0 Å². The highest BCUT2D eigenvalue weighted by Gasteiger charge is 2.13. The fraction of sp³-hybridized carbons (Fsp3) is 0.538. The van der Waals surface area contributed by atoms with E-state index in [9.17, 15) is 4.79 Å². The van der Waals surface area contributed by atoms with Gasteiger partial charge < -0.3 is 5.11 Å². The SMILES string of the molecule is C1=CC=NN=NC=C1.CCCC(CCC)C(=O)O. The Hall–Kier alpha value is -1.78. The molecule has 18 heavy (non-hydrogen) atoms. The van der Waals surface area contributed by atoms with Gasteiger partial charge in [-0.25, -0.2) is 0 Å². The first-order valence-corrected chi connectivity index (χ1v) is 6.20. The highest BCUT2D eigenvalue weighted by atomic mass is 16.4. The molecule has 1 aliphatic heterocycles. The van der Waals surface area contributed by atoms with Crippen LogP contribution in [-0.4, -0.2) is 17.3 Å². The standard InChI is InChI=1S/C8H16O2.C5H5N3/c1-3-5-7(6-4-2)8(9)10;1-2-4-6-8-7-5-3-1/h7H,3-6H2,1-2H3,(H,9,10);1-5H. The van der Waals surface area contributed by atoms with E-state index in [1.165, 1.54) is 0 Å². The van der Waals surface area contributed by atoms with E-state index in [2.05, 4.69) is 15.4 Å². The van der Waals surface area contributed by atoms with Crippen LogP contribution in [0.4, 0.5) is 0 Å². The lowest BCUT2D eigenvalue weighted by atomic mass is 9.99. The van der Waals surface area contributed by atoms with Gasteiger partial charge in [0, 0.05) is 0 Å². The summed E-state index contributed by atoms with van der Waals surface area (Å²) in [4.78, 5) is 10.5. The number of hydrogen-bond acceptors (Lipinski definition) is 4. The Morgan fingerprint density at radius 3 is 2.39 bits per heavy atom.